The van der Waals surface area contributed by atoms with Gasteiger partial charge in [-0.15, -0.1) is 0 Å². The van der Waals surface area contributed by atoms with Gasteiger partial charge in [0, 0.05) is 34.8 Å². The summed E-state index contributed by atoms with van der Waals surface area (Å²) in [5.41, 5.74) is 6.22. The second-order valence-corrected chi connectivity index (χ2v) is 9.46. The SMILES string of the molecule is CCNC(=O)NSc1ccc2nc(-c3ccccc3-c3nc4ccc(NC(=S)NCC)cc4[nH]3)[nH]c2c1. The van der Waals surface area contributed by atoms with Crippen LogP contribution in [-0.2, 0) is 0 Å². The molecule has 2 amide bonds. The molecule has 37 heavy (non-hydrogen) atoms. The van der Waals surface area contributed by atoms with Crippen LogP contribution in [0, 0.1) is 0 Å². The number of amides is 2. The number of rotatable bonds is 7. The van der Waals surface area contributed by atoms with Crippen molar-refractivity contribution in [2.45, 2.75) is 18.7 Å². The number of carbonyl (C=O) groups excluding carboxylic acids is 1. The van der Waals surface area contributed by atoms with Gasteiger partial charge in [0.2, 0.25) is 0 Å². The molecule has 0 bridgehead atoms. The average molecular weight is 531 g/mol. The van der Waals surface area contributed by atoms with Crippen molar-refractivity contribution in [3.8, 4) is 22.8 Å². The van der Waals surface area contributed by atoms with Crippen molar-refractivity contribution >= 4 is 63.1 Å². The lowest BCUT2D eigenvalue weighted by atomic mass is 10.1. The van der Waals surface area contributed by atoms with E-state index >= 15 is 0 Å². The molecule has 0 atom stereocenters. The van der Waals surface area contributed by atoms with E-state index in [0.29, 0.717) is 11.7 Å². The summed E-state index contributed by atoms with van der Waals surface area (Å²) in [6, 6.07) is 19.5. The summed E-state index contributed by atoms with van der Waals surface area (Å²) >= 11 is 6.56. The van der Waals surface area contributed by atoms with Crippen LogP contribution in [0.25, 0.3) is 44.8 Å². The smallest absolute Gasteiger partial charge is 0.325 e. The number of aromatic amines is 2. The predicted octanol–water partition coefficient (Wildman–Crippen LogP) is 5.41. The number of hydrogen-bond donors (Lipinski definition) is 6. The van der Waals surface area contributed by atoms with Crippen LogP contribution in [-0.4, -0.2) is 44.2 Å². The number of hydrogen-bond acceptors (Lipinski definition) is 5. The molecule has 0 fully saturated rings. The molecule has 0 saturated heterocycles. The number of imidazole rings is 2. The number of anilines is 1. The number of nitrogens with zero attached hydrogens (tertiary/aromatic N) is 2. The van der Waals surface area contributed by atoms with Crippen LogP contribution in [0.2, 0.25) is 0 Å². The first kappa shape index (κ1) is 24.6. The number of aromatic nitrogens is 4. The third-order valence-electron chi connectivity index (χ3n) is 5.57. The van der Waals surface area contributed by atoms with Gasteiger partial charge in [0.15, 0.2) is 5.11 Å². The normalized spacial score (nSPS) is 11.0. The summed E-state index contributed by atoms with van der Waals surface area (Å²) in [5.74, 6) is 1.49. The van der Waals surface area contributed by atoms with Crippen molar-refractivity contribution in [3.63, 3.8) is 0 Å². The first-order chi connectivity index (χ1) is 18.0. The Balaban J connectivity index is 1.44. The van der Waals surface area contributed by atoms with E-state index in [2.05, 4.69) is 30.6 Å². The Morgan fingerprint density at radius 1 is 0.865 bits per heavy atom. The number of H-pyrrole nitrogens is 2. The zero-order valence-corrected chi connectivity index (χ0v) is 21.9. The molecule has 6 N–H and O–H groups in total. The first-order valence-corrected chi connectivity index (χ1v) is 13.1. The lowest BCUT2D eigenvalue weighted by Crippen LogP contribution is -2.30. The van der Waals surface area contributed by atoms with Gasteiger partial charge in [0.05, 0.1) is 22.1 Å². The molecular weight excluding hydrogens is 504 g/mol. The van der Waals surface area contributed by atoms with Gasteiger partial charge in [0.1, 0.15) is 11.6 Å². The number of nitrogens with one attached hydrogen (secondary N) is 6. The van der Waals surface area contributed by atoms with Crippen molar-refractivity contribution in [3.05, 3.63) is 60.7 Å². The van der Waals surface area contributed by atoms with Gasteiger partial charge in [-0.3, -0.25) is 4.72 Å². The van der Waals surface area contributed by atoms with Gasteiger partial charge in [-0.25, -0.2) is 14.8 Å². The van der Waals surface area contributed by atoms with E-state index in [0.717, 1.165) is 62.0 Å². The van der Waals surface area contributed by atoms with E-state index in [1.54, 1.807) is 0 Å². The molecule has 0 unspecified atom stereocenters. The van der Waals surface area contributed by atoms with Crippen LogP contribution in [0.1, 0.15) is 13.8 Å². The third kappa shape index (κ3) is 5.52. The van der Waals surface area contributed by atoms with E-state index in [1.807, 2.05) is 74.5 Å². The van der Waals surface area contributed by atoms with Crippen molar-refractivity contribution in [1.82, 2.24) is 35.3 Å². The lowest BCUT2D eigenvalue weighted by Gasteiger charge is -2.08. The molecule has 3 aromatic carbocycles. The summed E-state index contributed by atoms with van der Waals surface area (Å²) in [6.07, 6.45) is 0. The standard InChI is InChI=1S/C26H26N8OS2/c1-3-27-25(35)34-37-16-10-12-20-22(14-16)33-24(31-20)18-8-6-5-7-17(18)23-30-19-11-9-15(13-21(19)32-23)29-26(36)28-4-2/h5-14H,3-4H2,1-2H3,(H,30,32)(H,31,33)(H2,27,34,35)(H2,28,29,36). The van der Waals surface area contributed by atoms with Crippen molar-refractivity contribution in [1.29, 1.82) is 0 Å². The maximum Gasteiger partial charge on any atom is 0.325 e. The second kappa shape index (κ2) is 10.9. The fourth-order valence-electron chi connectivity index (χ4n) is 3.93. The minimum atomic E-state index is -0.221. The summed E-state index contributed by atoms with van der Waals surface area (Å²) < 4.78 is 2.77. The van der Waals surface area contributed by atoms with E-state index in [1.165, 1.54) is 11.9 Å². The molecule has 0 spiro atoms. The molecule has 9 nitrogen and oxygen atoms in total. The predicted molar refractivity (Wildman–Crippen MR) is 155 cm³/mol. The fraction of sp³-hybridized carbons (Fsp3) is 0.154. The van der Waals surface area contributed by atoms with Gasteiger partial charge < -0.3 is 25.9 Å². The molecule has 0 radical (unpaired) electrons. The molecule has 2 heterocycles. The summed E-state index contributed by atoms with van der Waals surface area (Å²) in [6.45, 7) is 5.21. The van der Waals surface area contributed by atoms with Gasteiger partial charge in [-0.05, 0) is 74.4 Å². The van der Waals surface area contributed by atoms with E-state index in [9.17, 15) is 4.79 Å². The monoisotopic (exact) mass is 530 g/mol. The Morgan fingerprint density at radius 3 is 2.14 bits per heavy atom. The van der Waals surface area contributed by atoms with Crippen molar-refractivity contribution < 1.29 is 4.79 Å². The molecule has 5 aromatic rings. The minimum absolute atomic E-state index is 0.221. The number of fused-ring (bicyclic) bond motifs is 2. The maximum atomic E-state index is 11.7. The third-order valence-corrected chi connectivity index (χ3v) is 6.59. The van der Waals surface area contributed by atoms with Crippen LogP contribution < -0.4 is 20.7 Å². The Hall–Kier alpha value is -4.09. The highest BCUT2D eigenvalue weighted by molar-refractivity contribution is 7.98. The summed E-state index contributed by atoms with van der Waals surface area (Å²) in [5, 5.41) is 9.58. The molecular formula is C26H26N8OS2. The van der Waals surface area contributed by atoms with Crippen LogP contribution >= 0.6 is 24.2 Å². The van der Waals surface area contributed by atoms with E-state index < -0.39 is 0 Å². The van der Waals surface area contributed by atoms with Gasteiger partial charge >= 0.3 is 6.03 Å². The number of thiocarbonyl (C=S) groups is 1. The molecule has 0 aliphatic carbocycles. The molecule has 0 saturated carbocycles. The second-order valence-electron chi connectivity index (χ2n) is 8.18. The van der Waals surface area contributed by atoms with Crippen LogP contribution in [0.4, 0.5) is 10.5 Å². The van der Waals surface area contributed by atoms with Gasteiger partial charge in [-0.2, -0.15) is 0 Å². The maximum absolute atomic E-state index is 11.7. The minimum Gasteiger partial charge on any atom is -0.363 e. The molecule has 0 aliphatic heterocycles. The number of benzene rings is 3. The molecule has 2 aromatic heterocycles. The van der Waals surface area contributed by atoms with E-state index in [-0.39, 0.29) is 6.03 Å². The van der Waals surface area contributed by atoms with Gasteiger partial charge in [-0.1, -0.05) is 24.3 Å². The van der Waals surface area contributed by atoms with Crippen LogP contribution in [0.3, 0.4) is 0 Å². The van der Waals surface area contributed by atoms with Crippen LogP contribution in [0.5, 0.6) is 0 Å². The Labute approximate surface area is 223 Å². The molecule has 11 heteroatoms. The summed E-state index contributed by atoms with van der Waals surface area (Å²) in [4.78, 5) is 29.1. The number of carbonyl (C=O) groups is 1. The topological polar surface area (TPSA) is 123 Å². The highest BCUT2D eigenvalue weighted by atomic mass is 32.2. The lowest BCUT2D eigenvalue weighted by molar-refractivity contribution is 0.247. The first-order valence-electron chi connectivity index (χ1n) is 11.9. The Kier molecular flexibility index (Phi) is 7.24. The fourth-order valence-corrected chi connectivity index (χ4v) is 4.79. The average Bonchev–Trinajstić information content (AvgIpc) is 3.51. The van der Waals surface area contributed by atoms with Gasteiger partial charge in [0.25, 0.3) is 0 Å². The molecule has 188 valence electrons. The number of urea groups is 1. The zero-order valence-electron chi connectivity index (χ0n) is 20.3. The molecule has 5 rings (SSSR count). The van der Waals surface area contributed by atoms with E-state index in [4.69, 9.17) is 22.2 Å². The zero-order chi connectivity index (χ0) is 25.8. The molecule has 0 aliphatic rings. The highest BCUT2D eigenvalue weighted by Crippen LogP contribution is 2.32. The van der Waals surface area contributed by atoms with Crippen molar-refractivity contribution in [2.75, 3.05) is 18.4 Å². The van der Waals surface area contributed by atoms with Crippen LogP contribution in [0.15, 0.2) is 65.6 Å². The highest BCUT2D eigenvalue weighted by Gasteiger charge is 2.15. The largest absolute Gasteiger partial charge is 0.363 e. The quantitative estimate of drug-likeness (QED) is 0.123. The summed E-state index contributed by atoms with van der Waals surface area (Å²) in [7, 11) is 0. The van der Waals surface area contributed by atoms with Crippen molar-refractivity contribution in [2.24, 2.45) is 0 Å². The Morgan fingerprint density at radius 2 is 1.49 bits per heavy atom. The Bertz CT molecular complexity index is 1590.